The van der Waals surface area contributed by atoms with Crippen molar-refractivity contribution in [3.8, 4) is 0 Å². The van der Waals surface area contributed by atoms with E-state index in [1.54, 1.807) is 12.3 Å². The minimum absolute atomic E-state index is 0.481. The number of hydrogen-bond acceptors (Lipinski definition) is 3. The van der Waals surface area contributed by atoms with E-state index in [9.17, 15) is 4.21 Å². The van der Waals surface area contributed by atoms with E-state index >= 15 is 0 Å². The summed E-state index contributed by atoms with van der Waals surface area (Å²) in [6.07, 6.45) is 2.84. The van der Waals surface area contributed by atoms with Crippen LogP contribution in [0.1, 0.15) is 12.0 Å². The van der Waals surface area contributed by atoms with Crippen molar-refractivity contribution < 1.29 is 4.21 Å². The first-order valence-electron chi connectivity index (χ1n) is 5.40. The van der Waals surface area contributed by atoms with Gasteiger partial charge in [0.15, 0.2) is 0 Å². The van der Waals surface area contributed by atoms with Crippen molar-refractivity contribution in [2.45, 2.75) is 12.2 Å². The highest BCUT2D eigenvalue weighted by Gasteiger charge is 2.17. The molecule has 0 bridgehead atoms. The van der Waals surface area contributed by atoms with E-state index in [1.807, 2.05) is 6.07 Å². The standard InChI is InChI=1S/C11H15ClN2OS/c12-11-2-1-9(6-14-11)7-16(15)8-10-3-4-13-5-10/h1-2,6,10,13H,3-5,7-8H2/t10-,16+/m0/s1. The fourth-order valence-electron chi connectivity index (χ4n) is 1.86. The molecule has 0 aromatic carbocycles. The molecule has 0 radical (unpaired) electrons. The van der Waals surface area contributed by atoms with Gasteiger partial charge in [-0.25, -0.2) is 4.98 Å². The Labute approximate surface area is 103 Å². The van der Waals surface area contributed by atoms with Gasteiger partial charge in [0.2, 0.25) is 0 Å². The molecule has 16 heavy (non-hydrogen) atoms. The molecule has 1 aromatic rings. The third kappa shape index (κ3) is 3.54. The minimum atomic E-state index is -0.791. The second-order valence-corrected chi connectivity index (χ2v) is 5.99. The summed E-state index contributed by atoms with van der Waals surface area (Å²) in [5.74, 6) is 1.94. The Morgan fingerprint density at radius 2 is 2.44 bits per heavy atom. The summed E-state index contributed by atoms with van der Waals surface area (Å²) in [4.78, 5) is 3.98. The van der Waals surface area contributed by atoms with Crippen molar-refractivity contribution in [2.75, 3.05) is 18.8 Å². The van der Waals surface area contributed by atoms with E-state index in [4.69, 9.17) is 11.6 Å². The molecule has 0 saturated carbocycles. The zero-order chi connectivity index (χ0) is 11.4. The normalized spacial score (nSPS) is 22.2. The highest BCUT2D eigenvalue weighted by Crippen LogP contribution is 2.12. The minimum Gasteiger partial charge on any atom is -0.316 e. The van der Waals surface area contributed by atoms with Crippen molar-refractivity contribution in [2.24, 2.45) is 5.92 Å². The van der Waals surface area contributed by atoms with Gasteiger partial charge in [-0.2, -0.15) is 0 Å². The predicted molar refractivity (Wildman–Crippen MR) is 66.9 cm³/mol. The van der Waals surface area contributed by atoms with Gasteiger partial charge < -0.3 is 5.32 Å². The smallest absolute Gasteiger partial charge is 0.129 e. The van der Waals surface area contributed by atoms with E-state index in [1.165, 1.54) is 0 Å². The second kappa shape index (κ2) is 5.75. The van der Waals surface area contributed by atoms with Gasteiger partial charge in [0, 0.05) is 22.7 Å². The Kier molecular flexibility index (Phi) is 4.32. The summed E-state index contributed by atoms with van der Waals surface area (Å²) < 4.78 is 11.9. The van der Waals surface area contributed by atoms with E-state index in [-0.39, 0.29) is 0 Å². The second-order valence-electron chi connectivity index (χ2n) is 4.10. The molecule has 1 fully saturated rings. The number of nitrogens with one attached hydrogen (secondary N) is 1. The van der Waals surface area contributed by atoms with Crippen LogP contribution >= 0.6 is 11.6 Å². The van der Waals surface area contributed by atoms with Crippen LogP contribution in [0.25, 0.3) is 0 Å². The molecular formula is C11H15ClN2OS. The lowest BCUT2D eigenvalue weighted by molar-refractivity contribution is 0.632. The van der Waals surface area contributed by atoms with Gasteiger partial charge in [0.1, 0.15) is 5.15 Å². The molecule has 1 aromatic heterocycles. The number of rotatable bonds is 4. The van der Waals surface area contributed by atoms with Crippen LogP contribution < -0.4 is 5.32 Å². The lowest BCUT2D eigenvalue weighted by Gasteiger charge is -2.07. The van der Waals surface area contributed by atoms with Crippen molar-refractivity contribution in [1.82, 2.24) is 10.3 Å². The SMILES string of the molecule is O=[S@](Cc1ccc(Cl)nc1)C[C@H]1CCNC1. The average Bonchev–Trinajstić information content (AvgIpc) is 2.74. The summed E-state index contributed by atoms with van der Waals surface area (Å²) in [5.41, 5.74) is 0.994. The van der Waals surface area contributed by atoms with Crippen LogP contribution in [0.3, 0.4) is 0 Å². The van der Waals surface area contributed by atoms with Crippen LogP contribution in [0.4, 0.5) is 0 Å². The van der Waals surface area contributed by atoms with Crippen LogP contribution in [0, 0.1) is 5.92 Å². The lowest BCUT2D eigenvalue weighted by atomic mass is 10.2. The van der Waals surface area contributed by atoms with Gasteiger partial charge in [0.05, 0.1) is 5.75 Å². The van der Waals surface area contributed by atoms with Crippen LogP contribution in [0.2, 0.25) is 5.15 Å². The molecule has 2 rings (SSSR count). The molecular weight excluding hydrogens is 244 g/mol. The molecule has 2 atom stereocenters. The van der Waals surface area contributed by atoms with Gasteiger partial charge in [-0.05, 0) is 37.1 Å². The van der Waals surface area contributed by atoms with E-state index in [0.29, 0.717) is 16.8 Å². The highest BCUT2D eigenvalue weighted by molar-refractivity contribution is 7.84. The third-order valence-corrected chi connectivity index (χ3v) is 4.42. The molecule has 2 heterocycles. The quantitative estimate of drug-likeness (QED) is 0.834. The molecule has 0 unspecified atom stereocenters. The molecule has 5 heteroatoms. The van der Waals surface area contributed by atoms with Crippen LogP contribution in [0.15, 0.2) is 18.3 Å². The number of nitrogens with zero attached hydrogens (tertiary/aromatic N) is 1. The maximum absolute atomic E-state index is 11.9. The zero-order valence-corrected chi connectivity index (χ0v) is 10.6. The number of aromatic nitrogens is 1. The van der Waals surface area contributed by atoms with Crippen molar-refractivity contribution in [1.29, 1.82) is 0 Å². The Bertz CT molecular complexity index is 363. The molecule has 88 valence electrons. The van der Waals surface area contributed by atoms with Gasteiger partial charge in [-0.1, -0.05) is 17.7 Å². The van der Waals surface area contributed by atoms with Crippen LogP contribution in [0.5, 0.6) is 0 Å². The first kappa shape index (κ1) is 12.0. The summed E-state index contributed by atoms with van der Waals surface area (Å²) in [5, 5.41) is 3.77. The third-order valence-electron chi connectivity index (χ3n) is 2.70. The van der Waals surface area contributed by atoms with Crippen molar-refractivity contribution in [3.05, 3.63) is 29.0 Å². The summed E-state index contributed by atoms with van der Waals surface area (Å²) >= 11 is 5.69. The summed E-state index contributed by atoms with van der Waals surface area (Å²) in [6.45, 7) is 2.06. The topological polar surface area (TPSA) is 42.0 Å². The monoisotopic (exact) mass is 258 g/mol. The Morgan fingerprint density at radius 1 is 1.56 bits per heavy atom. The van der Waals surface area contributed by atoms with Gasteiger partial charge in [0.25, 0.3) is 0 Å². The fourth-order valence-corrected chi connectivity index (χ4v) is 3.44. The van der Waals surface area contributed by atoms with E-state index < -0.39 is 10.8 Å². The van der Waals surface area contributed by atoms with Crippen LogP contribution in [-0.4, -0.2) is 28.0 Å². The fraction of sp³-hybridized carbons (Fsp3) is 0.545. The largest absolute Gasteiger partial charge is 0.316 e. The Balaban J connectivity index is 1.84. The summed E-state index contributed by atoms with van der Waals surface area (Å²) in [7, 11) is -0.791. The Morgan fingerprint density at radius 3 is 3.06 bits per heavy atom. The molecule has 0 amide bonds. The van der Waals surface area contributed by atoms with Gasteiger partial charge in [-0.3, -0.25) is 4.21 Å². The van der Waals surface area contributed by atoms with E-state index in [0.717, 1.165) is 30.8 Å². The van der Waals surface area contributed by atoms with Gasteiger partial charge in [-0.15, -0.1) is 0 Å². The lowest BCUT2D eigenvalue weighted by Crippen LogP contribution is -2.15. The number of halogens is 1. The molecule has 1 N–H and O–H groups in total. The molecule has 3 nitrogen and oxygen atoms in total. The molecule has 0 aliphatic carbocycles. The number of pyridine rings is 1. The molecule has 1 saturated heterocycles. The summed E-state index contributed by atoms with van der Waals surface area (Å²) in [6, 6.07) is 3.63. The van der Waals surface area contributed by atoms with Crippen molar-refractivity contribution >= 4 is 22.4 Å². The molecule has 1 aliphatic heterocycles. The van der Waals surface area contributed by atoms with E-state index in [2.05, 4.69) is 10.3 Å². The van der Waals surface area contributed by atoms with Crippen molar-refractivity contribution in [3.63, 3.8) is 0 Å². The first-order valence-corrected chi connectivity index (χ1v) is 7.27. The number of hydrogen-bond donors (Lipinski definition) is 1. The predicted octanol–water partition coefficient (Wildman–Crippen LogP) is 1.59. The maximum Gasteiger partial charge on any atom is 0.129 e. The van der Waals surface area contributed by atoms with Gasteiger partial charge >= 0.3 is 0 Å². The molecule has 0 spiro atoms. The Hall–Kier alpha value is -0.450. The van der Waals surface area contributed by atoms with Crippen LogP contribution in [-0.2, 0) is 16.6 Å². The molecule has 1 aliphatic rings. The maximum atomic E-state index is 11.9. The highest BCUT2D eigenvalue weighted by atomic mass is 35.5. The zero-order valence-electron chi connectivity index (χ0n) is 8.99. The average molecular weight is 259 g/mol. The first-order chi connectivity index (χ1) is 7.74.